The van der Waals surface area contributed by atoms with E-state index in [4.69, 9.17) is 0 Å². The molecule has 0 radical (unpaired) electrons. The molecular weight excluding hydrogens is 275 g/mol. The molecule has 1 fully saturated rings. The summed E-state index contributed by atoms with van der Waals surface area (Å²) < 4.78 is 39.2. The maximum Gasteiger partial charge on any atom is 0.324 e. The van der Waals surface area contributed by atoms with Crippen molar-refractivity contribution in [2.75, 3.05) is 7.05 Å². The van der Waals surface area contributed by atoms with Crippen molar-refractivity contribution in [1.82, 2.24) is 4.31 Å². The van der Waals surface area contributed by atoms with Gasteiger partial charge in [0.2, 0.25) is 15.8 Å². The Morgan fingerprint density at radius 3 is 2.53 bits per heavy atom. The van der Waals surface area contributed by atoms with Crippen LogP contribution in [0, 0.1) is 15.9 Å². The van der Waals surface area contributed by atoms with Crippen LogP contribution in [0.1, 0.15) is 19.3 Å². The molecule has 0 atom stereocenters. The molecule has 104 valence electrons. The van der Waals surface area contributed by atoms with Gasteiger partial charge in [-0.15, -0.1) is 0 Å². The Labute approximate surface area is 110 Å². The zero-order valence-electron chi connectivity index (χ0n) is 10.2. The molecule has 0 N–H and O–H groups in total. The first-order chi connectivity index (χ1) is 8.85. The number of hydrogen-bond donors (Lipinski definition) is 0. The van der Waals surface area contributed by atoms with Gasteiger partial charge in [0.15, 0.2) is 4.90 Å². The van der Waals surface area contributed by atoms with Crippen LogP contribution in [0.15, 0.2) is 23.1 Å². The highest BCUT2D eigenvalue weighted by molar-refractivity contribution is 7.89. The smallest absolute Gasteiger partial charge is 0.258 e. The minimum Gasteiger partial charge on any atom is -0.258 e. The molecule has 8 heteroatoms. The summed E-state index contributed by atoms with van der Waals surface area (Å²) in [7, 11) is -2.68. The van der Waals surface area contributed by atoms with Crippen LogP contribution in [0.5, 0.6) is 0 Å². The van der Waals surface area contributed by atoms with Crippen molar-refractivity contribution in [3.05, 3.63) is 34.1 Å². The van der Waals surface area contributed by atoms with Crippen LogP contribution in [0.25, 0.3) is 0 Å². The molecule has 1 aromatic rings. The van der Waals surface area contributed by atoms with E-state index in [1.807, 2.05) is 0 Å². The zero-order valence-corrected chi connectivity index (χ0v) is 11.1. The van der Waals surface area contributed by atoms with Gasteiger partial charge < -0.3 is 0 Å². The highest BCUT2D eigenvalue weighted by Crippen LogP contribution is 2.33. The number of halogens is 1. The molecule has 1 aliphatic carbocycles. The molecule has 0 aliphatic heterocycles. The maximum absolute atomic E-state index is 13.5. The summed E-state index contributed by atoms with van der Waals surface area (Å²) in [6.45, 7) is 0. The summed E-state index contributed by atoms with van der Waals surface area (Å²) >= 11 is 0. The maximum atomic E-state index is 13.5. The van der Waals surface area contributed by atoms with E-state index in [1.54, 1.807) is 0 Å². The van der Waals surface area contributed by atoms with Gasteiger partial charge in [-0.1, -0.05) is 12.5 Å². The molecule has 1 aromatic carbocycles. The molecule has 0 heterocycles. The Balaban J connectivity index is 2.51. The summed E-state index contributed by atoms with van der Waals surface area (Å²) in [4.78, 5) is 9.25. The minimum absolute atomic E-state index is 0.159. The van der Waals surface area contributed by atoms with Crippen molar-refractivity contribution in [2.24, 2.45) is 0 Å². The molecule has 0 aromatic heterocycles. The summed E-state index contributed by atoms with van der Waals surface area (Å²) in [6, 6.07) is 2.93. The molecular formula is C11H13FN2O4S. The molecule has 0 spiro atoms. The van der Waals surface area contributed by atoms with Crippen molar-refractivity contribution in [1.29, 1.82) is 0 Å². The Bertz CT molecular complexity index is 613. The SMILES string of the molecule is CN(C1CCC1)S(=O)(=O)c1cccc(F)c1[N+](=O)[O-]. The number of rotatable bonds is 4. The van der Waals surface area contributed by atoms with E-state index < -0.39 is 31.3 Å². The fourth-order valence-corrected chi connectivity index (χ4v) is 3.56. The van der Waals surface area contributed by atoms with Crippen molar-refractivity contribution in [3.63, 3.8) is 0 Å². The number of sulfonamides is 1. The predicted molar refractivity (Wildman–Crippen MR) is 65.6 cm³/mol. The summed E-state index contributed by atoms with van der Waals surface area (Å²) in [5.41, 5.74) is -0.992. The van der Waals surface area contributed by atoms with Gasteiger partial charge in [0.25, 0.3) is 0 Å². The van der Waals surface area contributed by atoms with Crippen molar-refractivity contribution in [2.45, 2.75) is 30.2 Å². The number of hydrogen-bond acceptors (Lipinski definition) is 4. The van der Waals surface area contributed by atoms with Gasteiger partial charge in [-0.05, 0) is 25.0 Å². The van der Waals surface area contributed by atoms with Gasteiger partial charge in [-0.2, -0.15) is 8.70 Å². The second-order valence-corrected chi connectivity index (χ2v) is 6.42. The molecule has 0 saturated heterocycles. The molecule has 1 saturated carbocycles. The average molecular weight is 288 g/mol. The Morgan fingerprint density at radius 1 is 1.42 bits per heavy atom. The van der Waals surface area contributed by atoms with Crippen LogP contribution in [0.3, 0.4) is 0 Å². The molecule has 1 aliphatic rings. The summed E-state index contributed by atoms with van der Waals surface area (Å²) in [5, 5.41) is 10.8. The second-order valence-electron chi connectivity index (χ2n) is 4.45. The highest BCUT2D eigenvalue weighted by atomic mass is 32.2. The van der Waals surface area contributed by atoms with Gasteiger partial charge in [0.1, 0.15) is 0 Å². The third-order valence-corrected chi connectivity index (χ3v) is 5.32. The van der Waals surface area contributed by atoms with Gasteiger partial charge in [-0.25, -0.2) is 8.42 Å². The predicted octanol–water partition coefficient (Wildman–Crippen LogP) is 1.91. The second kappa shape index (κ2) is 4.86. The number of para-hydroxylation sites is 1. The van der Waals surface area contributed by atoms with E-state index in [9.17, 15) is 22.9 Å². The van der Waals surface area contributed by atoms with Crippen molar-refractivity contribution >= 4 is 15.7 Å². The van der Waals surface area contributed by atoms with E-state index in [-0.39, 0.29) is 6.04 Å². The Kier molecular flexibility index (Phi) is 3.55. The fraction of sp³-hybridized carbons (Fsp3) is 0.455. The van der Waals surface area contributed by atoms with Gasteiger partial charge in [-0.3, -0.25) is 10.1 Å². The number of nitro groups is 1. The number of nitrogens with zero attached hydrogens (tertiary/aromatic N) is 2. The number of nitro benzene ring substituents is 1. The first kappa shape index (κ1) is 13.9. The van der Waals surface area contributed by atoms with Crippen LogP contribution in [-0.4, -0.2) is 30.7 Å². The van der Waals surface area contributed by atoms with E-state index in [1.165, 1.54) is 7.05 Å². The standard InChI is InChI=1S/C11H13FN2O4S/c1-13(8-4-2-5-8)19(17,18)10-7-3-6-9(12)11(10)14(15)16/h3,6-8H,2,4-5H2,1H3. The van der Waals surface area contributed by atoms with Crippen LogP contribution in [0.2, 0.25) is 0 Å². The lowest BCUT2D eigenvalue weighted by molar-refractivity contribution is -0.390. The van der Waals surface area contributed by atoms with Gasteiger partial charge in [0, 0.05) is 13.1 Å². The normalized spacial score (nSPS) is 16.4. The van der Waals surface area contributed by atoms with Crippen LogP contribution in [0.4, 0.5) is 10.1 Å². The van der Waals surface area contributed by atoms with Crippen LogP contribution < -0.4 is 0 Å². The van der Waals surface area contributed by atoms with E-state index in [0.717, 1.165) is 41.8 Å². The molecule has 0 unspecified atom stereocenters. The van der Waals surface area contributed by atoms with Crippen molar-refractivity contribution in [3.8, 4) is 0 Å². The quantitative estimate of drug-likeness (QED) is 0.626. The largest absolute Gasteiger partial charge is 0.324 e. The molecule has 19 heavy (non-hydrogen) atoms. The molecule has 0 bridgehead atoms. The monoisotopic (exact) mass is 288 g/mol. The first-order valence-corrected chi connectivity index (χ1v) is 7.20. The topological polar surface area (TPSA) is 80.5 Å². The van der Waals surface area contributed by atoms with Crippen LogP contribution in [-0.2, 0) is 10.0 Å². The van der Waals surface area contributed by atoms with Gasteiger partial charge in [0.05, 0.1) is 4.92 Å². The highest BCUT2D eigenvalue weighted by Gasteiger charge is 2.37. The molecule has 0 amide bonds. The third-order valence-electron chi connectivity index (χ3n) is 3.38. The van der Waals surface area contributed by atoms with E-state index in [0.29, 0.717) is 0 Å². The average Bonchev–Trinajstić information content (AvgIpc) is 2.25. The zero-order chi connectivity index (χ0) is 14.2. The lowest BCUT2D eigenvalue weighted by Gasteiger charge is -2.33. The minimum atomic E-state index is -4.05. The Hall–Kier alpha value is -1.54. The number of benzene rings is 1. The first-order valence-electron chi connectivity index (χ1n) is 5.76. The lowest BCUT2D eigenvalue weighted by atomic mass is 9.94. The summed E-state index contributed by atoms with van der Waals surface area (Å²) in [5.74, 6) is -1.15. The molecule has 6 nitrogen and oxygen atoms in total. The Morgan fingerprint density at radius 2 is 2.05 bits per heavy atom. The van der Waals surface area contributed by atoms with E-state index >= 15 is 0 Å². The summed E-state index contributed by atoms with van der Waals surface area (Å²) in [6.07, 6.45) is 2.37. The van der Waals surface area contributed by atoms with Crippen LogP contribution >= 0.6 is 0 Å². The van der Waals surface area contributed by atoms with Gasteiger partial charge >= 0.3 is 5.69 Å². The lowest BCUT2D eigenvalue weighted by Crippen LogP contribution is -2.41. The fourth-order valence-electron chi connectivity index (χ4n) is 1.98. The third kappa shape index (κ3) is 2.33. The van der Waals surface area contributed by atoms with E-state index in [2.05, 4.69) is 0 Å². The van der Waals surface area contributed by atoms with Crippen molar-refractivity contribution < 1.29 is 17.7 Å². The molecule has 2 rings (SSSR count).